The second-order valence-corrected chi connectivity index (χ2v) is 5.27. The minimum absolute atomic E-state index is 0.260. The topological polar surface area (TPSA) is 46.2 Å². The van der Waals surface area contributed by atoms with Crippen LogP contribution in [0.15, 0.2) is 12.1 Å². The second kappa shape index (κ2) is 3.53. The van der Waals surface area contributed by atoms with Gasteiger partial charge < -0.3 is 10.8 Å². The molecule has 3 N–H and O–H groups in total. The van der Waals surface area contributed by atoms with Crippen molar-refractivity contribution in [2.24, 2.45) is 5.73 Å². The van der Waals surface area contributed by atoms with Gasteiger partial charge >= 0.3 is 0 Å². The van der Waals surface area contributed by atoms with Crippen LogP contribution >= 0.6 is 0 Å². The molecule has 0 heterocycles. The van der Waals surface area contributed by atoms with E-state index >= 15 is 0 Å². The summed E-state index contributed by atoms with van der Waals surface area (Å²) in [5.74, 6) is 0.411. The molecular weight excluding hydrogens is 186 g/mol. The molecule has 0 saturated carbocycles. The standard InChI is InChI=1S/C13H19NO/c1-13(2,14)8-11-6-9-4-3-5-10(9)7-12(11)15/h6-7,15H,3-5,8,14H2,1-2H3. The van der Waals surface area contributed by atoms with Gasteiger partial charge in [-0.25, -0.2) is 0 Å². The number of nitrogens with two attached hydrogens (primary N) is 1. The van der Waals surface area contributed by atoms with Gasteiger partial charge in [-0.05, 0) is 62.3 Å². The molecule has 1 aliphatic rings. The normalized spacial score (nSPS) is 15.4. The number of phenolic OH excluding ortho intramolecular Hbond substituents is 1. The van der Waals surface area contributed by atoms with Crippen LogP contribution in [0.4, 0.5) is 0 Å². The molecule has 0 spiro atoms. The van der Waals surface area contributed by atoms with Crippen molar-refractivity contribution in [2.75, 3.05) is 0 Å². The summed E-state index contributed by atoms with van der Waals surface area (Å²) in [6.45, 7) is 3.97. The van der Waals surface area contributed by atoms with Crippen LogP contribution in [0, 0.1) is 0 Å². The Morgan fingerprint density at radius 2 is 1.87 bits per heavy atom. The van der Waals surface area contributed by atoms with Crippen LogP contribution in [0.5, 0.6) is 5.75 Å². The van der Waals surface area contributed by atoms with Crippen LogP contribution in [0.2, 0.25) is 0 Å². The zero-order valence-corrected chi connectivity index (χ0v) is 9.51. The maximum atomic E-state index is 9.88. The quantitative estimate of drug-likeness (QED) is 0.777. The fourth-order valence-electron chi connectivity index (χ4n) is 2.29. The Labute approximate surface area is 91.1 Å². The first-order valence-electron chi connectivity index (χ1n) is 5.58. The van der Waals surface area contributed by atoms with Gasteiger partial charge in [-0.2, -0.15) is 0 Å². The zero-order chi connectivity index (χ0) is 11.1. The number of benzene rings is 1. The van der Waals surface area contributed by atoms with Crippen LogP contribution in [0.1, 0.15) is 37.0 Å². The van der Waals surface area contributed by atoms with E-state index in [1.54, 1.807) is 0 Å². The molecule has 0 fully saturated rings. The van der Waals surface area contributed by atoms with Gasteiger partial charge in [0, 0.05) is 5.54 Å². The molecule has 15 heavy (non-hydrogen) atoms. The molecule has 0 atom stereocenters. The SMILES string of the molecule is CC(C)(N)Cc1cc2c(cc1O)CCC2. The van der Waals surface area contributed by atoms with Crippen LogP contribution in [-0.2, 0) is 19.3 Å². The summed E-state index contributed by atoms with van der Waals surface area (Å²) in [7, 11) is 0. The van der Waals surface area contributed by atoms with E-state index in [-0.39, 0.29) is 5.54 Å². The Balaban J connectivity index is 2.33. The molecule has 0 amide bonds. The number of hydrogen-bond acceptors (Lipinski definition) is 2. The third-order valence-corrected chi connectivity index (χ3v) is 2.94. The van der Waals surface area contributed by atoms with Crippen LogP contribution in [0.3, 0.4) is 0 Å². The minimum Gasteiger partial charge on any atom is -0.508 e. The molecular formula is C13H19NO. The van der Waals surface area contributed by atoms with Crippen LogP contribution < -0.4 is 5.73 Å². The maximum absolute atomic E-state index is 9.88. The Kier molecular flexibility index (Phi) is 2.47. The Hall–Kier alpha value is -1.02. The van der Waals surface area contributed by atoms with E-state index < -0.39 is 0 Å². The van der Waals surface area contributed by atoms with Gasteiger partial charge in [0.1, 0.15) is 5.75 Å². The van der Waals surface area contributed by atoms with E-state index in [0.29, 0.717) is 5.75 Å². The van der Waals surface area contributed by atoms with E-state index in [1.807, 2.05) is 19.9 Å². The molecule has 1 aromatic rings. The van der Waals surface area contributed by atoms with Crippen molar-refractivity contribution < 1.29 is 5.11 Å². The van der Waals surface area contributed by atoms with Gasteiger partial charge in [0.15, 0.2) is 0 Å². The first kappa shape index (κ1) is 10.5. The highest BCUT2D eigenvalue weighted by atomic mass is 16.3. The predicted molar refractivity (Wildman–Crippen MR) is 62.1 cm³/mol. The number of hydrogen-bond donors (Lipinski definition) is 2. The third kappa shape index (κ3) is 2.32. The minimum atomic E-state index is -0.260. The molecule has 2 nitrogen and oxygen atoms in total. The van der Waals surface area contributed by atoms with Gasteiger partial charge in [-0.15, -0.1) is 0 Å². The lowest BCUT2D eigenvalue weighted by molar-refractivity contribution is 0.449. The molecule has 2 rings (SSSR count). The average molecular weight is 205 g/mol. The first-order valence-corrected chi connectivity index (χ1v) is 5.58. The molecule has 1 aliphatic carbocycles. The summed E-state index contributed by atoms with van der Waals surface area (Å²) < 4.78 is 0. The van der Waals surface area contributed by atoms with Crippen molar-refractivity contribution in [1.29, 1.82) is 0 Å². The van der Waals surface area contributed by atoms with E-state index in [9.17, 15) is 5.11 Å². The smallest absolute Gasteiger partial charge is 0.119 e. The van der Waals surface area contributed by atoms with Gasteiger partial charge in [0.2, 0.25) is 0 Å². The van der Waals surface area contributed by atoms with Crippen molar-refractivity contribution in [3.05, 3.63) is 28.8 Å². The molecule has 0 aliphatic heterocycles. The lowest BCUT2D eigenvalue weighted by Crippen LogP contribution is -2.34. The molecule has 0 unspecified atom stereocenters. The number of aryl methyl sites for hydroxylation is 2. The lowest BCUT2D eigenvalue weighted by atomic mass is 9.93. The van der Waals surface area contributed by atoms with E-state index in [4.69, 9.17) is 5.73 Å². The molecule has 0 aromatic heterocycles. The number of aromatic hydroxyl groups is 1. The molecule has 82 valence electrons. The maximum Gasteiger partial charge on any atom is 0.119 e. The summed E-state index contributed by atoms with van der Waals surface area (Å²) in [4.78, 5) is 0. The Morgan fingerprint density at radius 3 is 2.47 bits per heavy atom. The molecule has 1 aromatic carbocycles. The van der Waals surface area contributed by atoms with Gasteiger partial charge in [0.25, 0.3) is 0 Å². The summed E-state index contributed by atoms with van der Waals surface area (Å²) in [6.07, 6.45) is 4.19. The average Bonchev–Trinajstić information content (AvgIpc) is 2.49. The number of phenols is 1. The monoisotopic (exact) mass is 205 g/mol. The third-order valence-electron chi connectivity index (χ3n) is 2.94. The zero-order valence-electron chi connectivity index (χ0n) is 9.51. The molecule has 0 bridgehead atoms. The largest absolute Gasteiger partial charge is 0.508 e. The van der Waals surface area contributed by atoms with Crippen LogP contribution in [-0.4, -0.2) is 10.6 Å². The highest BCUT2D eigenvalue weighted by molar-refractivity contribution is 5.44. The summed E-state index contributed by atoms with van der Waals surface area (Å²) in [5, 5.41) is 9.88. The Bertz CT molecular complexity index is 377. The van der Waals surface area contributed by atoms with Gasteiger partial charge in [0.05, 0.1) is 0 Å². The van der Waals surface area contributed by atoms with Crippen molar-refractivity contribution in [1.82, 2.24) is 0 Å². The lowest BCUT2D eigenvalue weighted by Gasteiger charge is -2.19. The fourth-order valence-corrected chi connectivity index (χ4v) is 2.29. The van der Waals surface area contributed by atoms with E-state index in [1.165, 1.54) is 17.5 Å². The molecule has 0 radical (unpaired) electrons. The van der Waals surface area contributed by atoms with E-state index in [0.717, 1.165) is 24.8 Å². The predicted octanol–water partition coefficient (Wildman–Crippen LogP) is 2.16. The highest BCUT2D eigenvalue weighted by Gasteiger charge is 2.18. The van der Waals surface area contributed by atoms with E-state index in [2.05, 4.69) is 6.07 Å². The van der Waals surface area contributed by atoms with Crippen LogP contribution in [0.25, 0.3) is 0 Å². The summed E-state index contributed by atoms with van der Waals surface area (Å²) in [6, 6.07) is 4.05. The highest BCUT2D eigenvalue weighted by Crippen LogP contribution is 2.30. The molecule has 2 heteroatoms. The van der Waals surface area contributed by atoms with Crippen molar-refractivity contribution in [3.8, 4) is 5.75 Å². The van der Waals surface area contributed by atoms with Gasteiger partial charge in [-0.3, -0.25) is 0 Å². The second-order valence-electron chi connectivity index (χ2n) is 5.27. The summed E-state index contributed by atoms with van der Waals surface area (Å²) >= 11 is 0. The summed E-state index contributed by atoms with van der Waals surface area (Å²) in [5.41, 5.74) is 9.41. The fraction of sp³-hybridized carbons (Fsp3) is 0.538. The first-order chi connectivity index (χ1) is 6.96. The Morgan fingerprint density at radius 1 is 1.27 bits per heavy atom. The number of fused-ring (bicyclic) bond motifs is 1. The van der Waals surface area contributed by atoms with Crippen molar-refractivity contribution in [2.45, 2.75) is 45.1 Å². The van der Waals surface area contributed by atoms with Crippen molar-refractivity contribution >= 4 is 0 Å². The molecule has 0 saturated heterocycles. The number of rotatable bonds is 2. The van der Waals surface area contributed by atoms with Crippen molar-refractivity contribution in [3.63, 3.8) is 0 Å². The van der Waals surface area contributed by atoms with Gasteiger partial charge in [-0.1, -0.05) is 6.07 Å².